The summed E-state index contributed by atoms with van der Waals surface area (Å²) in [4.78, 5) is 46.4. The summed E-state index contributed by atoms with van der Waals surface area (Å²) in [5.74, 6) is -4.60. The third-order valence-electron chi connectivity index (χ3n) is 9.72. The van der Waals surface area contributed by atoms with E-state index in [1.807, 2.05) is 0 Å². The van der Waals surface area contributed by atoms with E-state index in [0.29, 0.717) is 50.1 Å². The molecule has 8 nitrogen and oxygen atoms in total. The number of hydrogen-bond donors (Lipinski definition) is 4. The molecule has 0 aromatic heterocycles. The van der Waals surface area contributed by atoms with Gasteiger partial charge in [0.1, 0.15) is 0 Å². The highest BCUT2D eigenvalue weighted by Gasteiger charge is 2.35. The van der Waals surface area contributed by atoms with Gasteiger partial charge in [-0.1, -0.05) is 66.7 Å². The first-order valence-corrected chi connectivity index (χ1v) is 17.5. The fraction of sp³-hybridized carbons (Fsp3) is 0.0213. The zero-order valence-electron chi connectivity index (χ0n) is 30.0. The van der Waals surface area contributed by atoms with Crippen molar-refractivity contribution in [2.75, 3.05) is 0 Å². The Morgan fingerprint density at radius 3 is 1.05 bits per heavy atom. The number of carbonyl (C=O) groups is 4. The van der Waals surface area contributed by atoms with Gasteiger partial charge in [0.2, 0.25) is 0 Å². The first kappa shape index (κ1) is 38.5. The summed E-state index contributed by atoms with van der Waals surface area (Å²) in [6, 6.07) is 37.6. The van der Waals surface area contributed by atoms with Crippen LogP contribution in [0.1, 0.15) is 47.0 Å². The molecule has 286 valence electrons. The Kier molecular flexibility index (Phi) is 10.2. The van der Waals surface area contributed by atoms with Crippen molar-refractivity contribution in [2.45, 2.75) is 6.18 Å². The standard InChI is InChI=1S/C47H29F3O8/c48-47(49,50)42-25-40(35-3-1-2-34(20-35)26-4-12-30(13-5-26)43(51)52)39(29-10-18-33(19-11-29)46(57)58)24-41(42)38-22-36(27-6-14-31(15-7-27)44(53)54)21-37(23-38)28-8-16-32(17-9-28)45(55)56/h1-25H,(H,51,52)(H,53,54)(H,55,56)(H,57,58). The highest BCUT2D eigenvalue weighted by molar-refractivity contribution is 5.95. The predicted molar refractivity (Wildman–Crippen MR) is 212 cm³/mol. The fourth-order valence-electron chi connectivity index (χ4n) is 6.74. The lowest BCUT2D eigenvalue weighted by Crippen LogP contribution is -2.08. The molecule has 0 radical (unpaired) electrons. The summed E-state index contributed by atoms with van der Waals surface area (Å²) < 4.78 is 46.2. The largest absolute Gasteiger partial charge is 0.478 e. The maximum atomic E-state index is 15.4. The number of alkyl halides is 3. The van der Waals surface area contributed by atoms with Gasteiger partial charge >= 0.3 is 30.1 Å². The second-order valence-corrected chi connectivity index (χ2v) is 13.4. The zero-order chi connectivity index (χ0) is 41.3. The van der Waals surface area contributed by atoms with E-state index in [-0.39, 0.29) is 38.9 Å². The molecule has 0 spiro atoms. The van der Waals surface area contributed by atoms with Gasteiger partial charge in [0.15, 0.2) is 0 Å². The van der Waals surface area contributed by atoms with E-state index in [1.54, 1.807) is 78.9 Å². The molecule has 0 bridgehead atoms. The lowest BCUT2D eigenvalue weighted by molar-refractivity contribution is -0.137. The summed E-state index contributed by atoms with van der Waals surface area (Å²) in [6.45, 7) is 0. The monoisotopic (exact) mass is 778 g/mol. The van der Waals surface area contributed by atoms with Crippen molar-refractivity contribution < 1.29 is 52.8 Å². The highest BCUT2D eigenvalue weighted by Crippen LogP contribution is 2.46. The molecular weight excluding hydrogens is 750 g/mol. The molecule has 0 amide bonds. The summed E-state index contributed by atoms with van der Waals surface area (Å²) in [5, 5.41) is 37.9. The maximum Gasteiger partial charge on any atom is 0.417 e. The van der Waals surface area contributed by atoms with E-state index in [1.165, 1.54) is 66.7 Å². The predicted octanol–water partition coefficient (Wildman–Crippen LogP) is 11.5. The van der Waals surface area contributed by atoms with Crippen LogP contribution >= 0.6 is 0 Å². The minimum Gasteiger partial charge on any atom is -0.478 e. The minimum absolute atomic E-state index is 0.0132. The topological polar surface area (TPSA) is 149 Å². The Labute approximate surface area is 328 Å². The number of hydrogen-bond acceptors (Lipinski definition) is 4. The zero-order valence-corrected chi connectivity index (χ0v) is 30.0. The van der Waals surface area contributed by atoms with Gasteiger partial charge in [0.05, 0.1) is 27.8 Å². The third-order valence-corrected chi connectivity index (χ3v) is 9.72. The van der Waals surface area contributed by atoms with Crippen LogP contribution in [-0.2, 0) is 6.18 Å². The van der Waals surface area contributed by atoms with Crippen molar-refractivity contribution in [3.05, 3.63) is 179 Å². The molecule has 0 aliphatic carbocycles. The van der Waals surface area contributed by atoms with Crippen LogP contribution < -0.4 is 0 Å². The van der Waals surface area contributed by atoms with Crippen LogP contribution in [0.15, 0.2) is 152 Å². The summed E-state index contributed by atoms with van der Waals surface area (Å²) in [5.41, 5.74) is 3.58. The quantitative estimate of drug-likeness (QED) is 0.107. The van der Waals surface area contributed by atoms with Gasteiger partial charge in [-0.15, -0.1) is 0 Å². The molecule has 0 saturated heterocycles. The number of halogens is 3. The number of benzene rings is 7. The third kappa shape index (κ3) is 7.96. The molecule has 0 aliphatic rings. The fourth-order valence-corrected chi connectivity index (χ4v) is 6.74. The Balaban J connectivity index is 1.49. The first-order valence-electron chi connectivity index (χ1n) is 17.5. The van der Waals surface area contributed by atoms with Crippen molar-refractivity contribution in [1.82, 2.24) is 0 Å². The molecule has 0 heterocycles. The van der Waals surface area contributed by atoms with Crippen LogP contribution in [0.5, 0.6) is 0 Å². The lowest BCUT2D eigenvalue weighted by Gasteiger charge is -2.21. The smallest absolute Gasteiger partial charge is 0.417 e. The molecule has 0 aliphatic heterocycles. The van der Waals surface area contributed by atoms with Crippen LogP contribution in [0.4, 0.5) is 13.2 Å². The van der Waals surface area contributed by atoms with Crippen molar-refractivity contribution in [1.29, 1.82) is 0 Å². The lowest BCUT2D eigenvalue weighted by atomic mass is 9.85. The molecule has 0 unspecified atom stereocenters. The van der Waals surface area contributed by atoms with E-state index in [4.69, 9.17) is 0 Å². The molecule has 7 rings (SSSR count). The number of aromatic carboxylic acids is 4. The Hall–Kier alpha value is -7.79. The number of carboxylic acids is 4. The molecular formula is C47H29F3O8. The van der Waals surface area contributed by atoms with E-state index in [0.717, 1.165) is 6.07 Å². The van der Waals surface area contributed by atoms with Crippen LogP contribution in [0.3, 0.4) is 0 Å². The summed E-state index contributed by atoms with van der Waals surface area (Å²) in [6.07, 6.45) is -4.89. The molecule has 0 atom stereocenters. The van der Waals surface area contributed by atoms with Gasteiger partial charge in [-0.25, -0.2) is 19.2 Å². The second kappa shape index (κ2) is 15.4. The van der Waals surface area contributed by atoms with Crippen molar-refractivity contribution >= 4 is 23.9 Å². The van der Waals surface area contributed by atoms with Gasteiger partial charge in [-0.3, -0.25) is 0 Å². The second-order valence-electron chi connectivity index (χ2n) is 13.4. The van der Waals surface area contributed by atoms with Crippen LogP contribution in [0.2, 0.25) is 0 Å². The van der Waals surface area contributed by atoms with Crippen LogP contribution in [-0.4, -0.2) is 44.3 Å². The minimum atomic E-state index is -4.89. The molecule has 7 aromatic rings. The Bertz CT molecular complexity index is 2660. The van der Waals surface area contributed by atoms with Gasteiger partial charge in [-0.2, -0.15) is 13.2 Å². The maximum absolute atomic E-state index is 15.4. The molecule has 0 fully saturated rings. The average molecular weight is 779 g/mol. The van der Waals surface area contributed by atoms with E-state index in [9.17, 15) is 39.6 Å². The average Bonchev–Trinajstić information content (AvgIpc) is 3.23. The number of carboxylic acid groups (broad SMARTS) is 4. The molecule has 7 aromatic carbocycles. The van der Waals surface area contributed by atoms with Crippen molar-refractivity contribution in [3.8, 4) is 66.8 Å². The Morgan fingerprint density at radius 2 is 0.655 bits per heavy atom. The van der Waals surface area contributed by atoms with Crippen molar-refractivity contribution in [3.63, 3.8) is 0 Å². The number of rotatable bonds is 10. The highest BCUT2D eigenvalue weighted by atomic mass is 19.4. The van der Waals surface area contributed by atoms with Gasteiger partial charge in [-0.05, 0) is 152 Å². The van der Waals surface area contributed by atoms with E-state index < -0.39 is 35.6 Å². The van der Waals surface area contributed by atoms with Gasteiger partial charge < -0.3 is 20.4 Å². The van der Waals surface area contributed by atoms with E-state index >= 15 is 13.2 Å². The SMILES string of the molecule is O=C(O)c1ccc(-c2cccc(-c3cc(C(F)(F)F)c(-c4cc(-c5ccc(C(=O)O)cc5)cc(-c5ccc(C(=O)O)cc5)c4)cc3-c3ccc(C(=O)O)cc3)c2)cc1. The Morgan fingerprint density at radius 1 is 0.328 bits per heavy atom. The summed E-state index contributed by atoms with van der Waals surface area (Å²) >= 11 is 0. The first-order chi connectivity index (χ1) is 27.7. The normalized spacial score (nSPS) is 11.2. The molecule has 0 saturated carbocycles. The molecule has 4 N–H and O–H groups in total. The van der Waals surface area contributed by atoms with Gasteiger partial charge in [0, 0.05) is 0 Å². The van der Waals surface area contributed by atoms with E-state index in [2.05, 4.69) is 0 Å². The molecule has 11 heteroatoms. The van der Waals surface area contributed by atoms with Crippen LogP contribution in [0, 0.1) is 0 Å². The van der Waals surface area contributed by atoms with Crippen molar-refractivity contribution in [2.24, 2.45) is 0 Å². The summed E-state index contributed by atoms with van der Waals surface area (Å²) in [7, 11) is 0. The molecule has 58 heavy (non-hydrogen) atoms. The van der Waals surface area contributed by atoms with Crippen LogP contribution in [0.25, 0.3) is 66.8 Å². The van der Waals surface area contributed by atoms with Gasteiger partial charge in [0.25, 0.3) is 0 Å².